The molecule has 2 aromatic heterocycles. The van der Waals surface area contributed by atoms with Gasteiger partial charge in [0.15, 0.2) is 5.82 Å². The lowest BCUT2D eigenvalue weighted by Crippen LogP contribution is -2.56. The number of amides is 3. The Morgan fingerprint density at radius 2 is 1.86 bits per heavy atom. The van der Waals surface area contributed by atoms with Crippen molar-refractivity contribution >= 4 is 40.6 Å². The Kier molecular flexibility index (Phi) is 5.43. The third kappa shape index (κ3) is 3.41. The summed E-state index contributed by atoms with van der Waals surface area (Å²) in [5.74, 6) is 0.486. The number of anilines is 1. The summed E-state index contributed by atoms with van der Waals surface area (Å²) in [5.41, 5.74) is 8.17. The average molecular weight is 494 g/mol. The van der Waals surface area contributed by atoms with E-state index in [0.29, 0.717) is 42.8 Å². The van der Waals surface area contributed by atoms with Crippen molar-refractivity contribution in [1.82, 2.24) is 24.2 Å². The highest BCUT2D eigenvalue weighted by molar-refractivity contribution is 6.09. The van der Waals surface area contributed by atoms with Crippen molar-refractivity contribution in [3.05, 3.63) is 23.8 Å². The maximum absolute atomic E-state index is 13.1. The van der Waals surface area contributed by atoms with Crippen molar-refractivity contribution in [1.29, 1.82) is 0 Å². The van der Waals surface area contributed by atoms with E-state index >= 15 is 0 Å². The van der Waals surface area contributed by atoms with Crippen molar-refractivity contribution in [2.24, 2.45) is 5.73 Å². The monoisotopic (exact) mass is 493 g/mol. The summed E-state index contributed by atoms with van der Waals surface area (Å²) in [6.07, 6.45) is 2.19. The Morgan fingerprint density at radius 1 is 1.19 bits per heavy atom. The Balaban J connectivity index is 1.64. The quantitative estimate of drug-likeness (QED) is 0.474. The van der Waals surface area contributed by atoms with Gasteiger partial charge < -0.3 is 20.7 Å². The van der Waals surface area contributed by atoms with E-state index in [4.69, 9.17) is 5.73 Å². The van der Waals surface area contributed by atoms with Gasteiger partial charge in [-0.3, -0.25) is 4.79 Å². The fourth-order valence-corrected chi connectivity index (χ4v) is 5.50. The summed E-state index contributed by atoms with van der Waals surface area (Å²) in [7, 11) is 0. The van der Waals surface area contributed by atoms with Gasteiger partial charge in [-0.05, 0) is 71.1 Å². The van der Waals surface area contributed by atoms with E-state index in [1.807, 2.05) is 39.8 Å². The van der Waals surface area contributed by atoms with Crippen LogP contribution in [0.4, 0.5) is 21.1 Å². The number of nitrogens with two attached hydrogens (primary N) is 1. The lowest BCUT2D eigenvalue weighted by molar-refractivity contribution is -0.122. The Morgan fingerprint density at radius 3 is 2.44 bits per heavy atom. The minimum atomic E-state index is -1.07. The Labute approximate surface area is 208 Å². The number of fused-ring (bicyclic) bond motifs is 2. The molecule has 2 aliphatic heterocycles. The van der Waals surface area contributed by atoms with Gasteiger partial charge in [-0.1, -0.05) is 0 Å². The van der Waals surface area contributed by atoms with Crippen LogP contribution >= 0.6 is 0 Å². The molecule has 1 radical (unpaired) electrons. The normalized spacial score (nSPS) is 19.0. The zero-order valence-corrected chi connectivity index (χ0v) is 21.0. The van der Waals surface area contributed by atoms with Gasteiger partial charge in [-0.25, -0.2) is 9.78 Å². The first-order chi connectivity index (χ1) is 17.0. The number of carbonyl (C=O) groups is 3. The molecule has 3 amide bonds. The van der Waals surface area contributed by atoms with E-state index in [1.54, 1.807) is 4.90 Å². The molecule has 11 nitrogen and oxygen atoms in total. The molecule has 1 saturated heterocycles. The zero-order valence-electron chi connectivity index (χ0n) is 21.0. The first-order valence-corrected chi connectivity index (χ1v) is 12.3. The number of carboxylic acid groups (broad SMARTS) is 1. The number of aromatic nitrogens is 4. The molecule has 0 unspecified atom stereocenters. The molecule has 36 heavy (non-hydrogen) atoms. The van der Waals surface area contributed by atoms with Crippen LogP contribution in [0.5, 0.6) is 0 Å². The standard InChI is InChI=1S/C25H30N7O4/c1-14(2)30-19-12-17-16(11-15(19)25(3,4)22(30)33)27-21(28-17)18-13-20(31(29-18)23(26)34)32(24(35)36)9-7-5-6-8-10-32/h11-12,14H,5-10H2,1-4H3,(H3-,26,27,28,29,34,35,36)/p+1. The van der Waals surface area contributed by atoms with Gasteiger partial charge in [0, 0.05) is 6.04 Å². The number of primary amides is 1. The predicted octanol–water partition coefficient (Wildman–Crippen LogP) is 3.75. The number of hydrogen-bond acceptors (Lipinski definition) is 5. The number of likely N-dealkylation sites (tertiary alicyclic amines) is 1. The summed E-state index contributed by atoms with van der Waals surface area (Å²) >= 11 is 0. The summed E-state index contributed by atoms with van der Waals surface area (Å²) in [5, 5.41) is 14.5. The largest absolute Gasteiger partial charge is 0.520 e. The number of carbonyl (C=O) groups excluding carboxylic acids is 2. The van der Waals surface area contributed by atoms with Gasteiger partial charge in [0.2, 0.25) is 5.91 Å². The van der Waals surface area contributed by atoms with Crippen LogP contribution in [0.25, 0.3) is 22.6 Å². The highest BCUT2D eigenvalue weighted by Gasteiger charge is 2.46. The van der Waals surface area contributed by atoms with Crippen LogP contribution in [-0.4, -0.2) is 62.0 Å². The van der Waals surface area contributed by atoms with E-state index in [2.05, 4.69) is 21.1 Å². The molecule has 1 aromatic carbocycles. The van der Waals surface area contributed by atoms with Crippen molar-refractivity contribution in [3.63, 3.8) is 0 Å². The third-order valence-electron chi connectivity index (χ3n) is 7.47. The molecule has 0 atom stereocenters. The van der Waals surface area contributed by atoms with Crippen LogP contribution in [0.15, 0.2) is 12.1 Å². The van der Waals surface area contributed by atoms with Crippen LogP contribution < -0.4 is 15.1 Å². The van der Waals surface area contributed by atoms with Crippen molar-refractivity contribution in [3.8, 4) is 11.5 Å². The molecular weight excluding hydrogens is 462 g/mol. The Hall–Kier alpha value is -3.73. The molecule has 2 aliphatic rings. The molecule has 4 N–H and O–H groups in total. The highest BCUT2D eigenvalue weighted by Crippen LogP contribution is 2.44. The second kappa shape index (κ2) is 8.16. The second-order valence-corrected chi connectivity index (χ2v) is 10.5. The van der Waals surface area contributed by atoms with E-state index in [1.165, 1.54) is 0 Å². The number of rotatable bonds is 3. The smallest absolute Gasteiger partial charge is 0.435 e. The third-order valence-corrected chi connectivity index (χ3v) is 7.47. The van der Waals surface area contributed by atoms with Gasteiger partial charge in [0.1, 0.15) is 11.8 Å². The van der Waals surface area contributed by atoms with E-state index in [0.717, 1.165) is 28.8 Å². The lowest BCUT2D eigenvalue weighted by Gasteiger charge is -2.29. The Bertz CT molecular complexity index is 1390. The lowest BCUT2D eigenvalue weighted by atomic mass is 9.86. The van der Waals surface area contributed by atoms with E-state index in [9.17, 15) is 19.5 Å². The van der Waals surface area contributed by atoms with Crippen LogP contribution in [-0.2, 0) is 10.2 Å². The van der Waals surface area contributed by atoms with Crippen molar-refractivity contribution in [2.75, 3.05) is 18.0 Å². The first kappa shape index (κ1) is 24.0. The molecule has 189 valence electrons. The number of aromatic amines is 1. The summed E-state index contributed by atoms with van der Waals surface area (Å²) in [6, 6.07) is 5.97. The maximum atomic E-state index is 13.1. The molecule has 0 bridgehead atoms. The van der Waals surface area contributed by atoms with Crippen LogP contribution in [0.3, 0.4) is 0 Å². The number of imidazole rings is 1. The number of H-pyrrole nitrogens is 1. The molecule has 11 heteroatoms. The highest BCUT2D eigenvalue weighted by atomic mass is 16.4. The fourth-order valence-electron chi connectivity index (χ4n) is 5.50. The fraction of sp³-hybridized carbons (Fsp3) is 0.480. The van der Waals surface area contributed by atoms with E-state index in [-0.39, 0.29) is 23.5 Å². The van der Waals surface area contributed by atoms with Crippen molar-refractivity contribution < 1.29 is 19.5 Å². The molecule has 5 rings (SSSR count). The molecule has 1 fully saturated rings. The minimum Gasteiger partial charge on any atom is -0.435 e. The van der Waals surface area contributed by atoms with Crippen LogP contribution in [0, 0.1) is 6.07 Å². The zero-order chi connectivity index (χ0) is 26.0. The molecule has 0 spiro atoms. The molecule has 3 aromatic rings. The van der Waals surface area contributed by atoms with Gasteiger partial charge >= 0.3 is 12.1 Å². The molecular formula is C25H31N7O4+. The predicted molar refractivity (Wildman–Crippen MR) is 135 cm³/mol. The van der Waals surface area contributed by atoms with Crippen LogP contribution in [0.1, 0.15) is 58.9 Å². The van der Waals surface area contributed by atoms with Crippen molar-refractivity contribution in [2.45, 2.75) is 64.8 Å². The van der Waals surface area contributed by atoms with Gasteiger partial charge in [-0.2, -0.15) is 14.4 Å². The molecule has 0 saturated carbocycles. The SMILES string of the molecule is CC(C)N1C(=O)C(C)(C)c2cc3nc(-c4[c]c([N+]5(C(=O)O)CCCCCC5)n(C(N)=O)n4)[nH]c3cc21. The van der Waals surface area contributed by atoms with Gasteiger partial charge in [0.25, 0.3) is 5.82 Å². The molecule has 0 aliphatic carbocycles. The van der Waals surface area contributed by atoms with Gasteiger partial charge in [-0.15, -0.1) is 4.68 Å². The number of benzene rings is 1. The van der Waals surface area contributed by atoms with Gasteiger partial charge in [0.05, 0.1) is 35.2 Å². The summed E-state index contributed by atoms with van der Waals surface area (Å²) in [4.78, 5) is 47.5. The number of quaternary nitrogens is 1. The van der Waals surface area contributed by atoms with Crippen LogP contribution in [0.2, 0.25) is 0 Å². The number of hydrogen-bond donors (Lipinski definition) is 3. The first-order valence-electron chi connectivity index (χ1n) is 12.3. The second-order valence-electron chi connectivity index (χ2n) is 10.5. The topological polar surface area (TPSA) is 147 Å². The summed E-state index contributed by atoms with van der Waals surface area (Å²) in [6.45, 7) is 8.41. The van der Waals surface area contributed by atoms with E-state index < -0.39 is 22.0 Å². The minimum absolute atomic E-state index is 0.00965. The summed E-state index contributed by atoms with van der Waals surface area (Å²) < 4.78 is 0.480. The average Bonchev–Trinajstić information content (AvgIpc) is 3.41. The number of nitrogens with one attached hydrogen (secondary N) is 1. The molecule has 4 heterocycles. The number of nitrogens with zero attached hydrogens (tertiary/aromatic N) is 5. The maximum Gasteiger partial charge on any atom is 0.520 e.